The summed E-state index contributed by atoms with van der Waals surface area (Å²) in [5.41, 5.74) is 5.93. The first-order valence-corrected chi connectivity index (χ1v) is 7.91. The van der Waals surface area contributed by atoms with E-state index in [4.69, 9.17) is 0 Å². The highest BCUT2D eigenvalue weighted by atomic mass is 15.1. The first-order valence-electron chi connectivity index (χ1n) is 7.91. The van der Waals surface area contributed by atoms with Crippen molar-refractivity contribution in [3.8, 4) is 0 Å². The summed E-state index contributed by atoms with van der Waals surface area (Å²) >= 11 is 0. The fourth-order valence-electron chi connectivity index (χ4n) is 2.72. The number of pyridine rings is 1. The van der Waals surface area contributed by atoms with Gasteiger partial charge in [-0.3, -0.25) is 4.98 Å². The van der Waals surface area contributed by atoms with Crippen molar-refractivity contribution in [3.05, 3.63) is 71.3 Å². The second kappa shape index (κ2) is 7.08. The molecule has 2 aromatic heterocycles. The monoisotopic (exact) mass is 319 g/mol. The fourth-order valence-corrected chi connectivity index (χ4v) is 2.72. The van der Waals surface area contributed by atoms with Gasteiger partial charge < -0.3 is 10.6 Å². The van der Waals surface area contributed by atoms with Gasteiger partial charge in [0.1, 0.15) is 18.0 Å². The molecule has 24 heavy (non-hydrogen) atoms. The number of aromatic nitrogens is 3. The molecule has 0 aliphatic carbocycles. The lowest BCUT2D eigenvalue weighted by Crippen LogP contribution is -2.04. The van der Waals surface area contributed by atoms with Crippen LogP contribution >= 0.6 is 0 Å². The molecule has 2 N–H and O–H groups in total. The average Bonchev–Trinajstić information content (AvgIpc) is 2.58. The van der Waals surface area contributed by atoms with Crippen molar-refractivity contribution in [3.63, 3.8) is 0 Å². The molecule has 5 nitrogen and oxygen atoms in total. The van der Waals surface area contributed by atoms with Gasteiger partial charge in [0.25, 0.3) is 0 Å². The lowest BCUT2D eigenvalue weighted by atomic mass is 10.1. The van der Waals surface area contributed by atoms with Gasteiger partial charge in [0, 0.05) is 30.7 Å². The van der Waals surface area contributed by atoms with Gasteiger partial charge in [-0.05, 0) is 49.6 Å². The Morgan fingerprint density at radius 2 is 1.54 bits per heavy atom. The number of hydrogen-bond acceptors (Lipinski definition) is 5. The van der Waals surface area contributed by atoms with Gasteiger partial charge >= 0.3 is 0 Å². The topological polar surface area (TPSA) is 62.7 Å². The Morgan fingerprint density at radius 3 is 2.25 bits per heavy atom. The summed E-state index contributed by atoms with van der Waals surface area (Å²) in [7, 11) is 0. The SMILES string of the molecule is Cc1cc(C)c(Nc2cc(NCc3ccncc3)ncn2)c(C)c1. The molecule has 2 heterocycles. The lowest BCUT2D eigenvalue weighted by molar-refractivity contribution is 1.07. The van der Waals surface area contributed by atoms with Crippen molar-refractivity contribution in [2.75, 3.05) is 10.6 Å². The van der Waals surface area contributed by atoms with Crippen LogP contribution in [0.1, 0.15) is 22.3 Å². The number of hydrogen-bond donors (Lipinski definition) is 2. The van der Waals surface area contributed by atoms with Crippen molar-refractivity contribution in [2.24, 2.45) is 0 Å². The number of anilines is 3. The molecular weight excluding hydrogens is 298 g/mol. The molecule has 122 valence electrons. The zero-order valence-electron chi connectivity index (χ0n) is 14.2. The van der Waals surface area contributed by atoms with E-state index < -0.39 is 0 Å². The predicted molar refractivity (Wildman–Crippen MR) is 97.5 cm³/mol. The minimum atomic E-state index is 0.696. The number of nitrogens with zero attached hydrogens (tertiary/aromatic N) is 3. The van der Waals surface area contributed by atoms with Gasteiger partial charge in [-0.15, -0.1) is 0 Å². The van der Waals surface area contributed by atoms with Gasteiger partial charge in [0.15, 0.2) is 0 Å². The largest absolute Gasteiger partial charge is 0.366 e. The number of aryl methyl sites for hydroxylation is 3. The van der Waals surface area contributed by atoms with E-state index in [0.717, 1.165) is 22.9 Å². The number of nitrogens with one attached hydrogen (secondary N) is 2. The van der Waals surface area contributed by atoms with Crippen molar-refractivity contribution in [1.29, 1.82) is 0 Å². The van der Waals surface area contributed by atoms with Crippen molar-refractivity contribution >= 4 is 17.3 Å². The maximum atomic E-state index is 4.32. The van der Waals surface area contributed by atoms with Crippen LogP contribution in [-0.4, -0.2) is 15.0 Å². The van der Waals surface area contributed by atoms with Gasteiger partial charge in [0.2, 0.25) is 0 Å². The van der Waals surface area contributed by atoms with E-state index in [-0.39, 0.29) is 0 Å². The first kappa shape index (κ1) is 15.9. The van der Waals surface area contributed by atoms with E-state index in [2.05, 4.69) is 58.5 Å². The minimum absolute atomic E-state index is 0.696. The molecule has 0 fully saturated rings. The van der Waals surface area contributed by atoms with Crippen LogP contribution in [0.2, 0.25) is 0 Å². The molecule has 3 aromatic rings. The molecule has 0 spiro atoms. The van der Waals surface area contributed by atoms with Gasteiger partial charge in [0.05, 0.1) is 0 Å². The summed E-state index contributed by atoms with van der Waals surface area (Å²) in [4.78, 5) is 12.6. The molecule has 0 saturated heterocycles. The second-order valence-electron chi connectivity index (χ2n) is 5.90. The molecule has 0 unspecified atom stereocenters. The third-order valence-corrected chi connectivity index (χ3v) is 3.82. The van der Waals surface area contributed by atoms with Crippen molar-refractivity contribution in [2.45, 2.75) is 27.3 Å². The van der Waals surface area contributed by atoms with Crippen molar-refractivity contribution < 1.29 is 0 Å². The van der Waals surface area contributed by atoms with E-state index in [1.54, 1.807) is 18.7 Å². The average molecular weight is 319 g/mol. The third kappa shape index (κ3) is 3.87. The molecule has 0 atom stereocenters. The first-order chi connectivity index (χ1) is 11.6. The van der Waals surface area contributed by atoms with Crippen LogP contribution < -0.4 is 10.6 Å². The summed E-state index contributed by atoms with van der Waals surface area (Å²) in [5.74, 6) is 1.56. The lowest BCUT2D eigenvalue weighted by Gasteiger charge is -2.14. The van der Waals surface area contributed by atoms with Crippen LogP contribution in [0.15, 0.2) is 49.1 Å². The highest BCUT2D eigenvalue weighted by Gasteiger charge is 2.06. The van der Waals surface area contributed by atoms with E-state index in [9.17, 15) is 0 Å². The molecule has 0 aliphatic heterocycles. The third-order valence-electron chi connectivity index (χ3n) is 3.82. The Labute approximate surface area is 142 Å². The summed E-state index contributed by atoms with van der Waals surface area (Å²) in [5, 5.41) is 6.71. The van der Waals surface area contributed by atoms with Gasteiger partial charge in [-0.2, -0.15) is 0 Å². The molecule has 0 saturated carbocycles. The Morgan fingerprint density at radius 1 is 0.875 bits per heavy atom. The maximum Gasteiger partial charge on any atom is 0.135 e. The van der Waals surface area contributed by atoms with Gasteiger partial charge in [-0.1, -0.05) is 17.7 Å². The molecule has 1 aromatic carbocycles. The molecule has 3 rings (SSSR count). The zero-order valence-corrected chi connectivity index (χ0v) is 14.2. The molecule has 5 heteroatoms. The van der Waals surface area contributed by atoms with Crippen LogP contribution in [0, 0.1) is 20.8 Å². The highest BCUT2D eigenvalue weighted by molar-refractivity contribution is 5.66. The van der Waals surface area contributed by atoms with Gasteiger partial charge in [-0.25, -0.2) is 9.97 Å². The molecule has 0 aliphatic rings. The Bertz CT molecular complexity index is 807. The van der Waals surface area contributed by atoms with Crippen LogP contribution in [0.5, 0.6) is 0 Å². The van der Waals surface area contributed by atoms with Crippen molar-refractivity contribution in [1.82, 2.24) is 15.0 Å². The molecular formula is C19H21N5. The van der Waals surface area contributed by atoms with Crippen LogP contribution in [0.3, 0.4) is 0 Å². The quantitative estimate of drug-likeness (QED) is 0.739. The van der Waals surface area contributed by atoms with Crippen LogP contribution in [0.25, 0.3) is 0 Å². The summed E-state index contributed by atoms with van der Waals surface area (Å²) in [6.45, 7) is 7.01. The summed E-state index contributed by atoms with van der Waals surface area (Å²) in [6.07, 6.45) is 5.13. The molecule has 0 bridgehead atoms. The standard InChI is InChI=1S/C19H21N5/c1-13-8-14(2)19(15(3)9-13)24-18-10-17(22-12-23-18)21-11-16-4-6-20-7-5-16/h4-10,12H,11H2,1-3H3,(H2,21,22,23,24). The number of benzene rings is 1. The summed E-state index contributed by atoms with van der Waals surface area (Å²) in [6, 6.07) is 10.2. The Balaban J connectivity index is 1.74. The number of rotatable bonds is 5. The van der Waals surface area contributed by atoms with Crippen LogP contribution in [-0.2, 0) is 6.54 Å². The van der Waals surface area contributed by atoms with E-state index in [0.29, 0.717) is 6.54 Å². The smallest absolute Gasteiger partial charge is 0.135 e. The predicted octanol–water partition coefficient (Wildman–Crippen LogP) is 4.15. The Hall–Kier alpha value is -2.95. The second-order valence-corrected chi connectivity index (χ2v) is 5.90. The fraction of sp³-hybridized carbons (Fsp3) is 0.211. The zero-order chi connectivity index (χ0) is 16.9. The Kier molecular flexibility index (Phi) is 4.70. The normalized spacial score (nSPS) is 10.5. The van der Waals surface area contributed by atoms with E-state index >= 15 is 0 Å². The molecule has 0 amide bonds. The van der Waals surface area contributed by atoms with E-state index in [1.807, 2.05) is 18.2 Å². The maximum absolute atomic E-state index is 4.32. The van der Waals surface area contributed by atoms with E-state index in [1.165, 1.54) is 16.7 Å². The van der Waals surface area contributed by atoms with Crippen LogP contribution in [0.4, 0.5) is 17.3 Å². The summed E-state index contributed by atoms with van der Waals surface area (Å²) < 4.78 is 0. The molecule has 0 radical (unpaired) electrons. The highest BCUT2D eigenvalue weighted by Crippen LogP contribution is 2.25. The minimum Gasteiger partial charge on any atom is -0.366 e.